The molecule has 1 aliphatic heterocycles. The fourth-order valence-corrected chi connectivity index (χ4v) is 5.03. The normalized spacial score (nSPS) is 14.7. The topological polar surface area (TPSA) is 106 Å². The Morgan fingerprint density at radius 1 is 1.15 bits per heavy atom. The predicted molar refractivity (Wildman–Crippen MR) is 148 cm³/mol. The number of nitrogens with zero attached hydrogens (tertiary/aromatic N) is 5. The van der Waals surface area contributed by atoms with E-state index in [2.05, 4.69) is 25.6 Å². The number of carbonyl (C=O) groups is 2. The summed E-state index contributed by atoms with van der Waals surface area (Å²) in [5.41, 5.74) is 2.72. The third-order valence-corrected chi connectivity index (χ3v) is 6.79. The van der Waals surface area contributed by atoms with E-state index in [1.807, 2.05) is 40.1 Å². The number of rotatable bonds is 5. The number of nitrogens with one attached hydrogen (secondary N) is 2. The Bertz CT molecular complexity index is 1540. The van der Waals surface area contributed by atoms with Crippen molar-refractivity contribution in [2.45, 2.75) is 46.1 Å². The molecular formula is C28H34FN7O3. The Labute approximate surface area is 226 Å². The van der Waals surface area contributed by atoms with Crippen LogP contribution in [-0.2, 0) is 11.8 Å². The largest absolute Gasteiger partial charge is 0.444 e. The smallest absolute Gasteiger partial charge is 0.407 e. The Kier molecular flexibility index (Phi) is 6.92. The van der Waals surface area contributed by atoms with Crippen LogP contribution in [0.3, 0.4) is 0 Å². The first kappa shape index (κ1) is 26.5. The summed E-state index contributed by atoms with van der Waals surface area (Å²) in [6.45, 7) is 9.54. The van der Waals surface area contributed by atoms with Gasteiger partial charge in [0.1, 0.15) is 11.1 Å². The zero-order chi connectivity index (χ0) is 27.9. The summed E-state index contributed by atoms with van der Waals surface area (Å²) in [6, 6.07) is 4.99. The molecule has 206 valence electrons. The second-order valence-corrected chi connectivity index (χ2v) is 11.2. The highest BCUT2D eigenvalue weighted by atomic mass is 19.1. The SMILES string of the molecule is Cc1cn2cc(NC(=O)c3ccc(N4CCC(CNC(=O)OC(C)(C)C)CC4)c4cn(C)nc34)cc(F)c2n1. The minimum Gasteiger partial charge on any atom is -0.444 e. The average Bonchev–Trinajstić information content (AvgIpc) is 3.43. The van der Waals surface area contributed by atoms with E-state index in [0.717, 1.165) is 37.0 Å². The van der Waals surface area contributed by atoms with Crippen molar-refractivity contribution in [3.8, 4) is 0 Å². The predicted octanol–water partition coefficient (Wildman–Crippen LogP) is 4.66. The summed E-state index contributed by atoms with van der Waals surface area (Å²) < 4.78 is 23.1. The van der Waals surface area contributed by atoms with Crippen molar-refractivity contribution in [2.75, 3.05) is 29.9 Å². The molecule has 1 fully saturated rings. The monoisotopic (exact) mass is 535 g/mol. The number of anilines is 2. The minimum atomic E-state index is -0.519. The maximum Gasteiger partial charge on any atom is 0.407 e. The summed E-state index contributed by atoms with van der Waals surface area (Å²) in [7, 11) is 1.82. The van der Waals surface area contributed by atoms with Crippen molar-refractivity contribution in [3.05, 3.63) is 53.9 Å². The third kappa shape index (κ3) is 5.81. The second-order valence-electron chi connectivity index (χ2n) is 11.2. The van der Waals surface area contributed by atoms with E-state index in [9.17, 15) is 14.0 Å². The van der Waals surface area contributed by atoms with Crippen LogP contribution in [0.5, 0.6) is 0 Å². The highest BCUT2D eigenvalue weighted by molar-refractivity contribution is 6.13. The number of hydrogen-bond donors (Lipinski definition) is 2. The number of hydrogen-bond acceptors (Lipinski definition) is 6. The molecule has 2 amide bonds. The van der Waals surface area contributed by atoms with Gasteiger partial charge in [0.15, 0.2) is 11.5 Å². The van der Waals surface area contributed by atoms with Gasteiger partial charge in [-0.1, -0.05) is 0 Å². The van der Waals surface area contributed by atoms with Crippen LogP contribution in [0, 0.1) is 18.7 Å². The molecule has 0 unspecified atom stereocenters. The number of ether oxygens (including phenoxy) is 1. The van der Waals surface area contributed by atoms with E-state index in [-0.39, 0.29) is 11.6 Å². The van der Waals surface area contributed by atoms with Gasteiger partial charge in [0.2, 0.25) is 0 Å². The average molecular weight is 536 g/mol. The Morgan fingerprint density at radius 2 is 1.90 bits per heavy atom. The molecule has 4 heterocycles. The van der Waals surface area contributed by atoms with Gasteiger partial charge in [-0.2, -0.15) is 5.10 Å². The molecule has 11 heteroatoms. The lowest BCUT2D eigenvalue weighted by molar-refractivity contribution is 0.0516. The fraction of sp³-hybridized carbons (Fsp3) is 0.429. The number of pyridine rings is 1. The molecule has 1 saturated heterocycles. The van der Waals surface area contributed by atoms with Gasteiger partial charge in [-0.15, -0.1) is 0 Å². The van der Waals surface area contributed by atoms with Gasteiger partial charge in [-0.3, -0.25) is 9.48 Å². The lowest BCUT2D eigenvalue weighted by Crippen LogP contribution is -2.40. The molecule has 1 aromatic carbocycles. The lowest BCUT2D eigenvalue weighted by atomic mass is 9.96. The number of carbonyl (C=O) groups excluding carboxylic acids is 2. The van der Waals surface area contributed by atoms with Crippen LogP contribution >= 0.6 is 0 Å². The molecule has 4 aromatic rings. The van der Waals surface area contributed by atoms with Gasteiger partial charge in [0, 0.05) is 62.4 Å². The molecule has 1 aliphatic rings. The van der Waals surface area contributed by atoms with Crippen LogP contribution in [-0.4, -0.2) is 56.4 Å². The molecule has 0 spiro atoms. The van der Waals surface area contributed by atoms with E-state index >= 15 is 0 Å². The number of benzene rings is 1. The summed E-state index contributed by atoms with van der Waals surface area (Å²) in [5, 5.41) is 11.1. The number of amides is 2. The molecule has 0 bridgehead atoms. The first-order valence-corrected chi connectivity index (χ1v) is 13.1. The van der Waals surface area contributed by atoms with Gasteiger partial charge >= 0.3 is 6.09 Å². The summed E-state index contributed by atoms with van der Waals surface area (Å²) in [6.07, 6.45) is 6.71. The van der Waals surface area contributed by atoms with E-state index < -0.39 is 17.5 Å². The number of aromatic nitrogens is 4. The van der Waals surface area contributed by atoms with Crippen LogP contribution < -0.4 is 15.5 Å². The van der Waals surface area contributed by atoms with E-state index in [1.54, 1.807) is 34.5 Å². The van der Waals surface area contributed by atoms with Crippen LogP contribution in [0.15, 0.2) is 36.8 Å². The Morgan fingerprint density at radius 3 is 2.62 bits per heavy atom. The zero-order valence-corrected chi connectivity index (χ0v) is 22.9. The fourth-order valence-electron chi connectivity index (χ4n) is 5.03. The summed E-state index contributed by atoms with van der Waals surface area (Å²) in [5.74, 6) is -0.517. The van der Waals surface area contributed by atoms with Crippen LogP contribution in [0.2, 0.25) is 0 Å². The number of piperidine rings is 1. The highest BCUT2D eigenvalue weighted by Crippen LogP contribution is 2.32. The van der Waals surface area contributed by atoms with Gasteiger partial charge < -0.3 is 24.7 Å². The summed E-state index contributed by atoms with van der Waals surface area (Å²) in [4.78, 5) is 31.7. The van der Waals surface area contributed by atoms with Gasteiger partial charge in [-0.05, 0) is 58.6 Å². The van der Waals surface area contributed by atoms with E-state index in [0.29, 0.717) is 34.9 Å². The van der Waals surface area contributed by atoms with Crippen LogP contribution in [0.4, 0.5) is 20.6 Å². The molecule has 0 atom stereocenters. The van der Waals surface area contributed by atoms with Crippen LogP contribution in [0.25, 0.3) is 16.6 Å². The molecule has 39 heavy (non-hydrogen) atoms. The van der Waals surface area contributed by atoms with Gasteiger partial charge in [-0.25, -0.2) is 14.2 Å². The zero-order valence-electron chi connectivity index (χ0n) is 22.9. The first-order valence-electron chi connectivity index (χ1n) is 13.1. The molecule has 10 nitrogen and oxygen atoms in total. The van der Waals surface area contributed by atoms with E-state index in [4.69, 9.17) is 4.74 Å². The van der Waals surface area contributed by atoms with Crippen LogP contribution in [0.1, 0.15) is 49.7 Å². The van der Waals surface area contributed by atoms with Crippen molar-refractivity contribution >= 4 is 39.9 Å². The molecular weight excluding hydrogens is 501 g/mol. The standard InChI is InChI=1S/C28H34FN7O3/c1-17-14-36-15-19(12-22(29)25(36)31-17)32-26(37)20-6-7-23(21-16-34(5)33-24(20)21)35-10-8-18(9-11-35)13-30-27(38)39-28(2,3)4/h6-7,12,14-16,18H,8-11,13H2,1-5H3,(H,30,38)(H,32,37). The molecule has 0 saturated carbocycles. The highest BCUT2D eigenvalue weighted by Gasteiger charge is 2.25. The minimum absolute atomic E-state index is 0.214. The van der Waals surface area contributed by atoms with E-state index in [1.165, 1.54) is 6.07 Å². The van der Waals surface area contributed by atoms with Crippen molar-refractivity contribution in [1.29, 1.82) is 0 Å². The quantitative estimate of drug-likeness (QED) is 0.385. The van der Waals surface area contributed by atoms with Crippen molar-refractivity contribution in [2.24, 2.45) is 13.0 Å². The first-order chi connectivity index (χ1) is 18.5. The lowest BCUT2D eigenvalue weighted by Gasteiger charge is -2.34. The second kappa shape index (κ2) is 10.2. The van der Waals surface area contributed by atoms with Gasteiger partial charge in [0.25, 0.3) is 5.91 Å². The number of alkyl carbamates (subject to hydrolysis) is 1. The number of imidazole rings is 1. The van der Waals surface area contributed by atoms with Crippen molar-refractivity contribution < 1.29 is 18.7 Å². The molecule has 0 radical (unpaired) electrons. The maximum atomic E-state index is 14.5. The maximum absolute atomic E-state index is 14.5. The van der Waals surface area contributed by atoms with Crippen molar-refractivity contribution in [1.82, 2.24) is 24.5 Å². The molecule has 0 aliphatic carbocycles. The number of fused-ring (bicyclic) bond motifs is 2. The third-order valence-electron chi connectivity index (χ3n) is 6.79. The summed E-state index contributed by atoms with van der Waals surface area (Å²) >= 11 is 0. The number of halogens is 1. The van der Waals surface area contributed by atoms with Gasteiger partial charge in [0.05, 0.1) is 16.9 Å². The molecule has 5 rings (SSSR count). The molecule has 2 N–H and O–H groups in total. The Hall–Kier alpha value is -4.15. The Balaban J connectivity index is 1.29. The number of aryl methyl sites for hydroxylation is 2. The molecule has 3 aromatic heterocycles. The van der Waals surface area contributed by atoms with Crippen molar-refractivity contribution in [3.63, 3.8) is 0 Å².